The van der Waals surface area contributed by atoms with E-state index < -0.39 is 12.6 Å². The van der Waals surface area contributed by atoms with Crippen LogP contribution in [0.1, 0.15) is 24.1 Å². The zero-order valence-electron chi connectivity index (χ0n) is 16.1. The highest BCUT2D eigenvalue weighted by Crippen LogP contribution is 2.18. The second-order valence-electron chi connectivity index (χ2n) is 6.55. The molecule has 0 fully saturated rings. The molecule has 0 aliphatic carbocycles. The minimum absolute atomic E-state index is 0.0526. The number of carboxylic acids is 1. The van der Waals surface area contributed by atoms with Crippen LogP contribution >= 0.6 is 0 Å². The van der Waals surface area contributed by atoms with E-state index in [1.165, 1.54) is 4.80 Å². The summed E-state index contributed by atoms with van der Waals surface area (Å²) < 4.78 is 5.09. The van der Waals surface area contributed by atoms with Crippen molar-refractivity contribution in [3.63, 3.8) is 0 Å². The maximum absolute atomic E-state index is 12.3. The van der Waals surface area contributed by atoms with Gasteiger partial charge in [-0.1, -0.05) is 42.0 Å². The molecule has 150 valence electrons. The number of nitrogens with one attached hydrogen (secondary N) is 1. The molecule has 0 aliphatic rings. The van der Waals surface area contributed by atoms with Gasteiger partial charge in [0.1, 0.15) is 12.3 Å². The molecule has 0 bridgehead atoms. The number of aliphatic carboxylic acids is 1. The fraction of sp³-hybridized carbons (Fsp3) is 0.250. The number of tetrazole rings is 1. The molecule has 0 saturated heterocycles. The summed E-state index contributed by atoms with van der Waals surface area (Å²) in [5.74, 6) is -0.383. The first kappa shape index (κ1) is 20.0. The van der Waals surface area contributed by atoms with E-state index in [1.54, 1.807) is 24.3 Å². The number of hydrogen-bond acceptors (Lipinski definition) is 6. The van der Waals surface area contributed by atoms with Crippen LogP contribution in [0, 0.1) is 6.92 Å². The number of rotatable bonds is 8. The van der Waals surface area contributed by atoms with Crippen molar-refractivity contribution >= 4 is 11.9 Å². The maximum Gasteiger partial charge on any atom is 0.341 e. The van der Waals surface area contributed by atoms with E-state index in [0.717, 1.165) is 16.7 Å². The van der Waals surface area contributed by atoms with Gasteiger partial charge >= 0.3 is 5.97 Å². The Labute approximate surface area is 167 Å². The molecule has 9 nitrogen and oxygen atoms in total. The molecule has 1 aromatic heterocycles. The third kappa shape index (κ3) is 5.61. The highest BCUT2D eigenvalue weighted by atomic mass is 16.5. The van der Waals surface area contributed by atoms with Gasteiger partial charge in [-0.15, -0.1) is 10.2 Å². The highest BCUT2D eigenvalue weighted by Gasteiger charge is 2.13. The van der Waals surface area contributed by atoms with Crippen LogP contribution in [0.4, 0.5) is 0 Å². The zero-order chi connectivity index (χ0) is 20.8. The number of carbonyl (C=O) groups is 2. The third-order valence-corrected chi connectivity index (χ3v) is 4.17. The van der Waals surface area contributed by atoms with Crippen LogP contribution in [0.15, 0.2) is 48.5 Å². The normalized spacial score (nSPS) is 11.7. The number of hydrogen-bond donors (Lipinski definition) is 2. The van der Waals surface area contributed by atoms with Crippen molar-refractivity contribution < 1.29 is 19.4 Å². The van der Waals surface area contributed by atoms with Gasteiger partial charge in [0, 0.05) is 5.56 Å². The predicted molar refractivity (Wildman–Crippen MR) is 104 cm³/mol. The molecule has 1 unspecified atom stereocenters. The molecule has 1 amide bonds. The van der Waals surface area contributed by atoms with Gasteiger partial charge in [-0.3, -0.25) is 4.79 Å². The Morgan fingerprint density at radius 3 is 2.48 bits per heavy atom. The Balaban J connectivity index is 1.55. The summed E-state index contributed by atoms with van der Waals surface area (Å²) >= 11 is 0. The van der Waals surface area contributed by atoms with E-state index in [2.05, 4.69) is 20.7 Å². The predicted octanol–water partition coefficient (Wildman–Crippen LogP) is 1.99. The molecule has 2 N–H and O–H groups in total. The summed E-state index contributed by atoms with van der Waals surface area (Å²) in [5, 5.41) is 23.7. The van der Waals surface area contributed by atoms with Crippen LogP contribution in [-0.2, 0) is 16.1 Å². The molecular formula is C20H21N5O4. The molecule has 3 rings (SSSR count). The van der Waals surface area contributed by atoms with Crippen molar-refractivity contribution in [3.8, 4) is 17.1 Å². The smallest absolute Gasteiger partial charge is 0.341 e. The molecule has 2 aromatic carbocycles. The topological polar surface area (TPSA) is 119 Å². The molecule has 0 spiro atoms. The summed E-state index contributed by atoms with van der Waals surface area (Å²) in [4.78, 5) is 24.1. The van der Waals surface area contributed by atoms with Crippen molar-refractivity contribution in [1.29, 1.82) is 0 Å². The lowest BCUT2D eigenvalue weighted by molar-refractivity contribution is -0.139. The number of benzene rings is 2. The number of carbonyl (C=O) groups excluding carboxylic acids is 1. The molecule has 1 atom stereocenters. The number of amides is 1. The van der Waals surface area contributed by atoms with Gasteiger partial charge < -0.3 is 15.2 Å². The molecule has 29 heavy (non-hydrogen) atoms. The molecule has 1 heterocycles. The fourth-order valence-corrected chi connectivity index (χ4v) is 2.63. The summed E-state index contributed by atoms with van der Waals surface area (Å²) in [7, 11) is 0. The standard InChI is InChI=1S/C20H21N5O4/c1-13-3-5-16(6-4-13)20-22-24-25(23-20)11-18(26)21-14(2)15-7-9-17(10-8-15)29-12-19(27)28/h3-10,14H,11-12H2,1-2H3,(H,21,26)(H,27,28). The van der Waals surface area contributed by atoms with E-state index in [0.29, 0.717) is 11.6 Å². The van der Waals surface area contributed by atoms with Crippen molar-refractivity contribution in [1.82, 2.24) is 25.5 Å². The Morgan fingerprint density at radius 2 is 1.83 bits per heavy atom. The Kier molecular flexibility index (Phi) is 6.18. The number of aromatic nitrogens is 4. The molecule has 3 aromatic rings. The lowest BCUT2D eigenvalue weighted by Gasteiger charge is -2.14. The van der Waals surface area contributed by atoms with E-state index in [-0.39, 0.29) is 18.5 Å². The highest BCUT2D eigenvalue weighted by molar-refractivity contribution is 5.76. The van der Waals surface area contributed by atoms with Gasteiger partial charge in [-0.2, -0.15) is 4.80 Å². The average molecular weight is 395 g/mol. The molecule has 0 radical (unpaired) electrons. The van der Waals surface area contributed by atoms with E-state index in [4.69, 9.17) is 9.84 Å². The summed E-state index contributed by atoms with van der Waals surface area (Å²) in [6.07, 6.45) is 0. The molecule has 0 aliphatic heterocycles. The quantitative estimate of drug-likeness (QED) is 0.598. The summed E-state index contributed by atoms with van der Waals surface area (Å²) in [6, 6.07) is 14.3. The van der Waals surface area contributed by atoms with Gasteiger partial charge in [0.25, 0.3) is 0 Å². The van der Waals surface area contributed by atoms with Gasteiger partial charge in [0.05, 0.1) is 6.04 Å². The second-order valence-corrected chi connectivity index (χ2v) is 6.55. The summed E-state index contributed by atoms with van der Waals surface area (Å²) in [5.41, 5.74) is 2.82. The Bertz CT molecular complexity index is 983. The zero-order valence-corrected chi connectivity index (χ0v) is 16.1. The van der Waals surface area contributed by atoms with Gasteiger partial charge in [0.15, 0.2) is 6.61 Å². The maximum atomic E-state index is 12.3. The monoisotopic (exact) mass is 395 g/mol. The summed E-state index contributed by atoms with van der Waals surface area (Å²) in [6.45, 7) is 3.39. The van der Waals surface area contributed by atoms with Crippen LogP contribution in [0.25, 0.3) is 11.4 Å². The molecule has 0 saturated carbocycles. The molecule has 9 heteroatoms. The minimum atomic E-state index is -1.04. The van der Waals surface area contributed by atoms with Crippen LogP contribution in [0.3, 0.4) is 0 Å². The Hall–Kier alpha value is -3.75. The SMILES string of the molecule is Cc1ccc(-c2nnn(CC(=O)NC(C)c3ccc(OCC(=O)O)cc3)n2)cc1. The van der Waals surface area contributed by atoms with Crippen molar-refractivity contribution in [2.75, 3.05) is 6.61 Å². The Morgan fingerprint density at radius 1 is 1.14 bits per heavy atom. The second kappa shape index (κ2) is 8.96. The lowest BCUT2D eigenvalue weighted by Crippen LogP contribution is -2.30. The lowest BCUT2D eigenvalue weighted by atomic mass is 10.1. The number of aryl methyl sites for hydroxylation is 1. The molecular weight excluding hydrogens is 374 g/mol. The third-order valence-electron chi connectivity index (χ3n) is 4.17. The van der Waals surface area contributed by atoms with Crippen LogP contribution in [0.5, 0.6) is 5.75 Å². The first-order chi connectivity index (χ1) is 13.9. The average Bonchev–Trinajstić information content (AvgIpc) is 3.15. The minimum Gasteiger partial charge on any atom is -0.482 e. The van der Waals surface area contributed by atoms with Crippen LogP contribution < -0.4 is 10.1 Å². The van der Waals surface area contributed by atoms with E-state index >= 15 is 0 Å². The van der Waals surface area contributed by atoms with Crippen molar-refractivity contribution in [2.24, 2.45) is 0 Å². The largest absolute Gasteiger partial charge is 0.482 e. The van der Waals surface area contributed by atoms with Crippen LogP contribution in [0.2, 0.25) is 0 Å². The first-order valence-electron chi connectivity index (χ1n) is 8.99. The fourth-order valence-electron chi connectivity index (χ4n) is 2.63. The first-order valence-corrected chi connectivity index (χ1v) is 8.99. The van der Waals surface area contributed by atoms with Gasteiger partial charge in [-0.25, -0.2) is 4.79 Å². The van der Waals surface area contributed by atoms with Crippen LogP contribution in [-0.4, -0.2) is 43.8 Å². The van der Waals surface area contributed by atoms with E-state index in [1.807, 2.05) is 38.1 Å². The van der Waals surface area contributed by atoms with Gasteiger partial charge in [0.2, 0.25) is 11.7 Å². The van der Waals surface area contributed by atoms with Crippen molar-refractivity contribution in [3.05, 3.63) is 59.7 Å². The van der Waals surface area contributed by atoms with Gasteiger partial charge in [-0.05, 0) is 36.8 Å². The number of carboxylic acid groups (broad SMARTS) is 1. The van der Waals surface area contributed by atoms with E-state index in [9.17, 15) is 9.59 Å². The number of nitrogens with zero attached hydrogens (tertiary/aromatic N) is 4. The van der Waals surface area contributed by atoms with Crippen molar-refractivity contribution in [2.45, 2.75) is 26.4 Å². The number of ether oxygens (including phenoxy) is 1.